The predicted octanol–water partition coefficient (Wildman–Crippen LogP) is 0.559. The normalized spacial score (nSPS) is 24.4. The van der Waals surface area contributed by atoms with Gasteiger partial charge in [-0.25, -0.2) is 4.98 Å². The number of halogens is 1. The lowest BCUT2D eigenvalue weighted by molar-refractivity contribution is -0.133. The lowest BCUT2D eigenvalue weighted by atomic mass is 9.97. The number of piperidine rings is 2. The van der Waals surface area contributed by atoms with Crippen molar-refractivity contribution >= 4 is 23.3 Å². The molecule has 1 unspecified atom stereocenters. The Hall–Kier alpha value is -2.26. The van der Waals surface area contributed by atoms with E-state index >= 15 is 0 Å². The van der Waals surface area contributed by atoms with Gasteiger partial charge in [0.25, 0.3) is 0 Å². The molecule has 4 heterocycles. The molecule has 2 amide bonds. The maximum Gasteiger partial charge on any atom is 0.249 e. The van der Waals surface area contributed by atoms with Crippen LogP contribution in [0.3, 0.4) is 0 Å². The first kappa shape index (κ1) is 20.0. The van der Waals surface area contributed by atoms with E-state index in [9.17, 15) is 14.0 Å². The number of aromatic nitrogens is 1. The molecular weight excluding hydrogens is 375 g/mol. The summed E-state index contributed by atoms with van der Waals surface area (Å²) in [6, 6.07) is 2.80. The van der Waals surface area contributed by atoms with Crippen LogP contribution in [0.4, 0.5) is 15.9 Å². The molecule has 1 aromatic rings. The zero-order valence-corrected chi connectivity index (χ0v) is 16.6. The fourth-order valence-corrected chi connectivity index (χ4v) is 4.32. The third-order valence-corrected chi connectivity index (χ3v) is 6.07. The summed E-state index contributed by atoms with van der Waals surface area (Å²) in [6.07, 6.45) is 3.09. The van der Waals surface area contributed by atoms with Crippen LogP contribution in [0.25, 0.3) is 0 Å². The van der Waals surface area contributed by atoms with Gasteiger partial charge in [0.1, 0.15) is 11.9 Å². The monoisotopic (exact) mass is 404 g/mol. The van der Waals surface area contributed by atoms with E-state index in [1.165, 1.54) is 12.8 Å². The van der Waals surface area contributed by atoms with Crippen molar-refractivity contribution in [1.82, 2.24) is 20.5 Å². The number of pyridine rings is 1. The van der Waals surface area contributed by atoms with Crippen molar-refractivity contribution in [3.05, 3.63) is 18.1 Å². The van der Waals surface area contributed by atoms with Gasteiger partial charge in [0.15, 0.2) is 0 Å². The Morgan fingerprint density at radius 3 is 2.55 bits per heavy atom. The van der Waals surface area contributed by atoms with E-state index < -0.39 is 17.9 Å². The first-order valence-corrected chi connectivity index (χ1v) is 10.5. The number of piperazine rings is 1. The third-order valence-electron chi connectivity index (χ3n) is 6.07. The lowest BCUT2D eigenvalue weighted by Gasteiger charge is -2.37. The summed E-state index contributed by atoms with van der Waals surface area (Å²) in [6.45, 7) is 6.97. The van der Waals surface area contributed by atoms with E-state index in [0.717, 1.165) is 51.7 Å². The number of rotatable bonds is 5. The van der Waals surface area contributed by atoms with E-state index in [4.69, 9.17) is 0 Å². The first-order chi connectivity index (χ1) is 14.1. The van der Waals surface area contributed by atoms with Crippen LogP contribution in [0.2, 0.25) is 0 Å². The number of amides is 2. The van der Waals surface area contributed by atoms with Crippen molar-refractivity contribution in [2.45, 2.75) is 31.7 Å². The fourth-order valence-electron chi connectivity index (χ4n) is 4.32. The maximum atomic E-state index is 14.5. The van der Waals surface area contributed by atoms with Crippen molar-refractivity contribution in [3.8, 4) is 0 Å². The van der Waals surface area contributed by atoms with E-state index in [0.29, 0.717) is 12.2 Å². The molecule has 1 aromatic heterocycles. The van der Waals surface area contributed by atoms with E-state index in [2.05, 4.69) is 30.7 Å². The molecule has 158 valence electrons. The summed E-state index contributed by atoms with van der Waals surface area (Å²) in [5, 5.41) is 8.54. The lowest BCUT2D eigenvalue weighted by Crippen LogP contribution is -2.49. The second kappa shape index (κ2) is 9.04. The van der Waals surface area contributed by atoms with Crippen molar-refractivity contribution < 1.29 is 14.0 Å². The summed E-state index contributed by atoms with van der Waals surface area (Å²) < 4.78 is 14.5. The van der Waals surface area contributed by atoms with Gasteiger partial charge < -0.3 is 15.5 Å². The Morgan fingerprint density at radius 1 is 1.10 bits per heavy atom. The highest BCUT2D eigenvalue weighted by atomic mass is 19.1. The zero-order chi connectivity index (χ0) is 20.2. The molecule has 0 spiro atoms. The standard InChI is InChI=1S/C20H29FN6O2/c21-19-15(23-16-2-4-18(28)25-20(16)29)1-3-17(24-19)27-11-9-26(10-12-27)13-14-5-7-22-8-6-14/h1,3,14,16,22-23H,2,4-13H2,(H,25,28,29). The average molecular weight is 404 g/mol. The Balaban J connectivity index is 1.30. The van der Waals surface area contributed by atoms with Gasteiger partial charge in [-0.05, 0) is 50.4 Å². The van der Waals surface area contributed by atoms with Gasteiger partial charge in [-0.1, -0.05) is 0 Å². The summed E-state index contributed by atoms with van der Waals surface area (Å²) >= 11 is 0. The van der Waals surface area contributed by atoms with Gasteiger partial charge in [-0.15, -0.1) is 0 Å². The number of hydrogen-bond donors (Lipinski definition) is 3. The Kier molecular flexibility index (Phi) is 6.25. The SMILES string of the molecule is O=C1CCC(Nc2ccc(N3CCN(CC4CCNCC4)CC3)nc2F)C(=O)N1. The molecule has 3 aliphatic rings. The largest absolute Gasteiger partial charge is 0.370 e. The molecule has 3 fully saturated rings. The van der Waals surface area contributed by atoms with Gasteiger partial charge in [-0.2, -0.15) is 4.39 Å². The molecule has 1 atom stereocenters. The van der Waals surface area contributed by atoms with Crippen molar-refractivity contribution in [3.63, 3.8) is 0 Å². The molecule has 0 bridgehead atoms. The molecule has 29 heavy (non-hydrogen) atoms. The van der Waals surface area contributed by atoms with Crippen molar-refractivity contribution in [1.29, 1.82) is 0 Å². The fraction of sp³-hybridized carbons (Fsp3) is 0.650. The molecule has 3 saturated heterocycles. The van der Waals surface area contributed by atoms with Crippen molar-refractivity contribution in [2.24, 2.45) is 5.92 Å². The number of hydrogen-bond acceptors (Lipinski definition) is 7. The topological polar surface area (TPSA) is 89.6 Å². The van der Waals surface area contributed by atoms with Gasteiger partial charge in [0.05, 0.1) is 5.69 Å². The highest BCUT2D eigenvalue weighted by Gasteiger charge is 2.28. The van der Waals surface area contributed by atoms with Crippen LogP contribution < -0.4 is 20.9 Å². The Labute approximate surface area is 170 Å². The quantitative estimate of drug-likeness (QED) is 0.488. The number of imide groups is 1. The minimum Gasteiger partial charge on any atom is -0.370 e. The Morgan fingerprint density at radius 2 is 1.86 bits per heavy atom. The second-order valence-corrected chi connectivity index (χ2v) is 8.14. The zero-order valence-electron chi connectivity index (χ0n) is 16.6. The number of nitrogens with one attached hydrogen (secondary N) is 3. The number of carbonyl (C=O) groups is 2. The molecule has 3 aliphatic heterocycles. The van der Waals surface area contributed by atoms with Crippen LogP contribution in [0.15, 0.2) is 12.1 Å². The van der Waals surface area contributed by atoms with Crippen LogP contribution in [-0.4, -0.2) is 73.6 Å². The number of nitrogens with zero attached hydrogens (tertiary/aromatic N) is 3. The maximum absolute atomic E-state index is 14.5. The van der Waals surface area contributed by atoms with E-state index in [1.54, 1.807) is 12.1 Å². The predicted molar refractivity (Wildman–Crippen MR) is 108 cm³/mol. The first-order valence-electron chi connectivity index (χ1n) is 10.5. The number of carbonyl (C=O) groups excluding carboxylic acids is 2. The molecular formula is C20H29FN6O2. The minimum atomic E-state index is -0.621. The molecule has 0 aromatic carbocycles. The van der Waals surface area contributed by atoms with Gasteiger partial charge >= 0.3 is 0 Å². The minimum absolute atomic E-state index is 0.188. The van der Waals surface area contributed by atoms with Crippen LogP contribution in [0.1, 0.15) is 25.7 Å². The average Bonchev–Trinajstić information content (AvgIpc) is 2.73. The summed E-state index contributed by atoms with van der Waals surface area (Å²) in [7, 11) is 0. The van der Waals surface area contributed by atoms with Gasteiger partial charge in [-0.3, -0.25) is 19.8 Å². The highest BCUT2D eigenvalue weighted by Crippen LogP contribution is 2.22. The molecule has 9 heteroatoms. The van der Waals surface area contributed by atoms with Crippen LogP contribution in [0.5, 0.6) is 0 Å². The number of anilines is 2. The van der Waals surface area contributed by atoms with Crippen LogP contribution >= 0.6 is 0 Å². The molecule has 0 aliphatic carbocycles. The molecule has 8 nitrogen and oxygen atoms in total. The van der Waals surface area contributed by atoms with Crippen molar-refractivity contribution in [2.75, 3.05) is 56.0 Å². The van der Waals surface area contributed by atoms with Gasteiger partial charge in [0.2, 0.25) is 17.8 Å². The molecule has 3 N–H and O–H groups in total. The third kappa shape index (κ3) is 5.02. The summed E-state index contributed by atoms with van der Waals surface area (Å²) in [5.41, 5.74) is 0.188. The van der Waals surface area contributed by atoms with Crippen LogP contribution in [0, 0.1) is 11.9 Å². The Bertz CT molecular complexity index is 746. The molecule has 4 rings (SSSR count). The van der Waals surface area contributed by atoms with Gasteiger partial charge in [0, 0.05) is 39.1 Å². The smallest absolute Gasteiger partial charge is 0.249 e. The summed E-state index contributed by atoms with van der Waals surface area (Å²) in [4.78, 5) is 31.8. The molecule has 0 radical (unpaired) electrons. The summed E-state index contributed by atoms with van der Waals surface area (Å²) in [5.74, 6) is 0.0640. The highest BCUT2D eigenvalue weighted by molar-refractivity contribution is 6.01. The second-order valence-electron chi connectivity index (χ2n) is 8.14. The van der Waals surface area contributed by atoms with E-state index in [1.807, 2.05) is 0 Å². The van der Waals surface area contributed by atoms with Crippen LogP contribution in [-0.2, 0) is 9.59 Å². The van der Waals surface area contributed by atoms with E-state index in [-0.39, 0.29) is 18.0 Å². The molecule has 0 saturated carbocycles.